The van der Waals surface area contributed by atoms with Crippen LogP contribution in [0.15, 0.2) is 12.2 Å². The highest BCUT2D eigenvalue weighted by molar-refractivity contribution is 4.94. The van der Waals surface area contributed by atoms with Gasteiger partial charge in [0.1, 0.15) is 0 Å². The lowest BCUT2D eigenvalue weighted by molar-refractivity contribution is -0.0383. The van der Waals surface area contributed by atoms with Crippen molar-refractivity contribution < 1.29 is 5.11 Å². The van der Waals surface area contributed by atoms with Crippen LogP contribution in [0.3, 0.4) is 0 Å². The van der Waals surface area contributed by atoms with Gasteiger partial charge in [0.05, 0.1) is 5.60 Å². The molecule has 0 heterocycles. The summed E-state index contributed by atoms with van der Waals surface area (Å²) in [6.07, 6.45) is 9.61. The van der Waals surface area contributed by atoms with E-state index in [1.807, 2.05) is 13.0 Å². The van der Waals surface area contributed by atoms with Gasteiger partial charge in [-0.05, 0) is 32.1 Å². The van der Waals surface area contributed by atoms with Gasteiger partial charge in [0.2, 0.25) is 0 Å². The van der Waals surface area contributed by atoms with E-state index >= 15 is 0 Å². The van der Waals surface area contributed by atoms with Crippen molar-refractivity contribution in [1.82, 2.24) is 0 Å². The lowest BCUT2D eigenvalue weighted by Gasteiger charge is -2.37. The van der Waals surface area contributed by atoms with Crippen molar-refractivity contribution in [1.29, 1.82) is 0 Å². The molecule has 1 heteroatoms. The second-order valence-corrected chi connectivity index (χ2v) is 4.02. The third-order valence-corrected chi connectivity index (χ3v) is 3.12. The standard InChI is InChI=1S/C11H20O/c1-3-4-8-11(12)9-6-5-7-10(11)2/h3-4,10,12H,5-9H2,1-2H3/b4-3+. The Labute approximate surface area is 75.5 Å². The molecule has 0 saturated heterocycles. The predicted octanol–water partition coefficient (Wildman–Crippen LogP) is 2.89. The lowest BCUT2D eigenvalue weighted by Crippen LogP contribution is -2.38. The Morgan fingerprint density at radius 3 is 2.83 bits per heavy atom. The molecule has 1 rings (SSSR count). The van der Waals surface area contributed by atoms with Crippen molar-refractivity contribution in [2.24, 2.45) is 5.92 Å². The molecule has 0 aromatic rings. The number of hydrogen-bond acceptors (Lipinski definition) is 1. The number of rotatable bonds is 2. The molecule has 12 heavy (non-hydrogen) atoms. The fraction of sp³-hybridized carbons (Fsp3) is 0.818. The molecule has 0 aromatic carbocycles. The predicted molar refractivity (Wildman–Crippen MR) is 52.0 cm³/mol. The van der Waals surface area contributed by atoms with Crippen LogP contribution in [0.2, 0.25) is 0 Å². The molecule has 70 valence electrons. The first-order chi connectivity index (χ1) is 5.69. The van der Waals surface area contributed by atoms with Crippen molar-refractivity contribution in [2.45, 2.75) is 51.6 Å². The normalized spacial score (nSPS) is 37.4. The van der Waals surface area contributed by atoms with Crippen LogP contribution >= 0.6 is 0 Å². The molecule has 1 aliphatic carbocycles. The minimum Gasteiger partial charge on any atom is -0.389 e. The smallest absolute Gasteiger partial charge is 0.0707 e. The summed E-state index contributed by atoms with van der Waals surface area (Å²) in [7, 11) is 0. The molecule has 0 bridgehead atoms. The molecular weight excluding hydrogens is 148 g/mol. The van der Waals surface area contributed by atoms with Crippen LogP contribution in [0, 0.1) is 5.92 Å². The Bertz CT molecular complexity index is 162. The maximum absolute atomic E-state index is 10.2. The van der Waals surface area contributed by atoms with Gasteiger partial charge in [-0.1, -0.05) is 31.9 Å². The zero-order valence-electron chi connectivity index (χ0n) is 8.21. The first-order valence-electron chi connectivity index (χ1n) is 5.02. The molecule has 0 spiro atoms. The molecular formula is C11H20O. The summed E-state index contributed by atoms with van der Waals surface area (Å²) in [5.74, 6) is 0.474. The largest absolute Gasteiger partial charge is 0.389 e. The molecule has 1 aliphatic rings. The van der Waals surface area contributed by atoms with Crippen LogP contribution in [-0.2, 0) is 0 Å². The third-order valence-electron chi connectivity index (χ3n) is 3.12. The monoisotopic (exact) mass is 168 g/mol. The van der Waals surface area contributed by atoms with Crippen molar-refractivity contribution in [2.75, 3.05) is 0 Å². The third kappa shape index (κ3) is 2.10. The van der Waals surface area contributed by atoms with Crippen LogP contribution in [0.5, 0.6) is 0 Å². The Balaban J connectivity index is 2.53. The second-order valence-electron chi connectivity index (χ2n) is 4.02. The number of allylic oxidation sites excluding steroid dienone is 1. The fourth-order valence-electron chi connectivity index (χ4n) is 2.02. The summed E-state index contributed by atoms with van der Waals surface area (Å²) in [6.45, 7) is 4.18. The molecule has 2 unspecified atom stereocenters. The van der Waals surface area contributed by atoms with Crippen LogP contribution in [0.1, 0.15) is 46.0 Å². The van der Waals surface area contributed by atoms with E-state index in [-0.39, 0.29) is 0 Å². The Morgan fingerprint density at radius 2 is 2.25 bits per heavy atom. The van der Waals surface area contributed by atoms with Gasteiger partial charge in [-0.2, -0.15) is 0 Å². The minimum absolute atomic E-state index is 0.398. The molecule has 2 atom stereocenters. The van der Waals surface area contributed by atoms with Crippen molar-refractivity contribution in [3.05, 3.63) is 12.2 Å². The maximum Gasteiger partial charge on any atom is 0.0707 e. The van der Waals surface area contributed by atoms with Crippen LogP contribution in [0.25, 0.3) is 0 Å². The van der Waals surface area contributed by atoms with Gasteiger partial charge < -0.3 is 5.11 Å². The van der Waals surface area contributed by atoms with E-state index in [4.69, 9.17) is 0 Å². The average molecular weight is 168 g/mol. The van der Waals surface area contributed by atoms with Gasteiger partial charge in [0.25, 0.3) is 0 Å². The minimum atomic E-state index is -0.398. The van der Waals surface area contributed by atoms with Gasteiger partial charge >= 0.3 is 0 Å². The quantitative estimate of drug-likeness (QED) is 0.629. The van der Waals surface area contributed by atoms with E-state index < -0.39 is 5.60 Å². The SMILES string of the molecule is C/C=C/CC1(O)CCCCC1C. The van der Waals surface area contributed by atoms with Crippen molar-refractivity contribution in [3.63, 3.8) is 0 Å². The number of aliphatic hydroxyl groups is 1. The molecule has 0 aliphatic heterocycles. The van der Waals surface area contributed by atoms with Gasteiger partial charge in [-0.25, -0.2) is 0 Å². The lowest BCUT2D eigenvalue weighted by atomic mass is 9.74. The molecule has 0 radical (unpaired) electrons. The molecule has 1 N–H and O–H groups in total. The molecule has 1 fully saturated rings. The summed E-state index contributed by atoms with van der Waals surface area (Å²) in [5.41, 5.74) is -0.398. The topological polar surface area (TPSA) is 20.2 Å². The van der Waals surface area contributed by atoms with Crippen LogP contribution in [0.4, 0.5) is 0 Å². The first kappa shape index (κ1) is 9.79. The van der Waals surface area contributed by atoms with E-state index in [0.29, 0.717) is 5.92 Å². The van der Waals surface area contributed by atoms with E-state index in [1.54, 1.807) is 0 Å². The summed E-state index contributed by atoms with van der Waals surface area (Å²) in [5, 5.41) is 10.2. The van der Waals surface area contributed by atoms with Crippen LogP contribution in [-0.4, -0.2) is 10.7 Å². The van der Waals surface area contributed by atoms with Crippen molar-refractivity contribution in [3.8, 4) is 0 Å². The molecule has 1 nitrogen and oxygen atoms in total. The second kappa shape index (κ2) is 4.08. The van der Waals surface area contributed by atoms with E-state index in [9.17, 15) is 5.11 Å². The fourth-order valence-corrected chi connectivity index (χ4v) is 2.02. The van der Waals surface area contributed by atoms with Gasteiger partial charge in [-0.15, -0.1) is 0 Å². The molecule has 0 amide bonds. The summed E-state index contributed by atoms with van der Waals surface area (Å²) in [4.78, 5) is 0. The Hall–Kier alpha value is -0.300. The highest BCUT2D eigenvalue weighted by Crippen LogP contribution is 2.36. The summed E-state index contributed by atoms with van der Waals surface area (Å²) >= 11 is 0. The van der Waals surface area contributed by atoms with Gasteiger partial charge in [-0.3, -0.25) is 0 Å². The highest BCUT2D eigenvalue weighted by Gasteiger charge is 2.34. The van der Waals surface area contributed by atoms with Crippen LogP contribution < -0.4 is 0 Å². The average Bonchev–Trinajstić information content (AvgIpc) is 2.07. The van der Waals surface area contributed by atoms with Gasteiger partial charge in [0, 0.05) is 0 Å². The maximum atomic E-state index is 10.2. The van der Waals surface area contributed by atoms with E-state index in [2.05, 4.69) is 13.0 Å². The first-order valence-corrected chi connectivity index (χ1v) is 5.02. The van der Waals surface area contributed by atoms with E-state index in [1.165, 1.54) is 19.3 Å². The zero-order valence-corrected chi connectivity index (χ0v) is 8.21. The number of hydrogen-bond donors (Lipinski definition) is 1. The van der Waals surface area contributed by atoms with E-state index in [0.717, 1.165) is 12.8 Å². The van der Waals surface area contributed by atoms with Gasteiger partial charge in [0.15, 0.2) is 0 Å². The summed E-state index contributed by atoms with van der Waals surface area (Å²) < 4.78 is 0. The molecule has 1 saturated carbocycles. The molecule has 0 aromatic heterocycles. The Morgan fingerprint density at radius 1 is 1.50 bits per heavy atom. The summed E-state index contributed by atoms with van der Waals surface area (Å²) in [6, 6.07) is 0. The Kier molecular flexibility index (Phi) is 3.33. The zero-order chi connectivity index (χ0) is 9.03. The highest BCUT2D eigenvalue weighted by atomic mass is 16.3. The van der Waals surface area contributed by atoms with Crippen molar-refractivity contribution >= 4 is 0 Å².